The van der Waals surface area contributed by atoms with Crippen molar-refractivity contribution in [3.63, 3.8) is 0 Å². The molecule has 2 amide bonds. The number of anilines is 2. The van der Waals surface area contributed by atoms with Gasteiger partial charge in [0.25, 0.3) is 11.8 Å². The van der Waals surface area contributed by atoms with Crippen LogP contribution in [0.5, 0.6) is 0 Å². The minimum absolute atomic E-state index is 0. The second-order valence-electron chi connectivity index (χ2n) is 5.37. The molecule has 0 spiro atoms. The van der Waals surface area contributed by atoms with Crippen molar-refractivity contribution in [1.29, 1.82) is 0 Å². The summed E-state index contributed by atoms with van der Waals surface area (Å²) in [6.07, 6.45) is 1.44. The Morgan fingerprint density at radius 2 is 1.54 bits per heavy atom. The molecule has 7 heteroatoms. The van der Waals surface area contributed by atoms with Crippen molar-refractivity contribution in [1.82, 2.24) is 0 Å². The quantitative estimate of drug-likeness (QED) is 0.637. The average Bonchev–Trinajstić information content (AvgIpc) is 3.18. The fourth-order valence-corrected chi connectivity index (χ4v) is 2.28. The van der Waals surface area contributed by atoms with Crippen LogP contribution in [0.3, 0.4) is 0 Å². The van der Waals surface area contributed by atoms with Crippen LogP contribution in [-0.2, 0) is 6.54 Å². The van der Waals surface area contributed by atoms with Crippen LogP contribution in [0.4, 0.5) is 11.4 Å². The third kappa shape index (κ3) is 4.72. The lowest BCUT2D eigenvalue weighted by Gasteiger charge is -2.08. The highest BCUT2D eigenvalue weighted by Crippen LogP contribution is 2.16. The summed E-state index contributed by atoms with van der Waals surface area (Å²) in [6.45, 7) is 0.380. The zero-order chi connectivity index (χ0) is 17.6. The summed E-state index contributed by atoms with van der Waals surface area (Å²) in [5.74, 6) is -0.319. The van der Waals surface area contributed by atoms with E-state index < -0.39 is 0 Å². The summed E-state index contributed by atoms with van der Waals surface area (Å²) in [5.41, 5.74) is 8.25. The molecule has 1 heterocycles. The molecule has 1 aromatic heterocycles. The van der Waals surface area contributed by atoms with Gasteiger partial charge in [-0.3, -0.25) is 9.59 Å². The molecule has 0 fully saturated rings. The lowest BCUT2D eigenvalue weighted by Crippen LogP contribution is -2.13. The first-order chi connectivity index (χ1) is 12.2. The number of benzene rings is 2. The van der Waals surface area contributed by atoms with Crippen LogP contribution in [0.2, 0.25) is 0 Å². The molecular weight excluding hydrogens is 354 g/mol. The minimum Gasteiger partial charge on any atom is -0.459 e. The van der Waals surface area contributed by atoms with Crippen LogP contribution < -0.4 is 16.4 Å². The van der Waals surface area contributed by atoms with E-state index in [-0.39, 0.29) is 30.0 Å². The van der Waals surface area contributed by atoms with Crippen LogP contribution >= 0.6 is 12.4 Å². The minimum atomic E-state index is -0.333. The van der Waals surface area contributed by atoms with Gasteiger partial charge in [-0.05, 0) is 54.1 Å². The van der Waals surface area contributed by atoms with Gasteiger partial charge in [0.1, 0.15) is 0 Å². The highest BCUT2D eigenvalue weighted by Gasteiger charge is 2.09. The molecule has 3 aromatic rings. The number of hydrogen-bond acceptors (Lipinski definition) is 4. The topological polar surface area (TPSA) is 97.4 Å². The number of halogens is 1. The average molecular weight is 372 g/mol. The van der Waals surface area contributed by atoms with Gasteiger partial charge in [-0.1, -0.05) is 12.1 Å². The van der Waals surface area contributed by atoms with Gasteiger partial charge < -0.3 is 20.8 Å². The molecule has 6 nitrogen and oxygen atoms in total. The lowest BCUT2D eigenvalue weighted by molar-refractivity contribution is 0.0994. The van der Waals surface area contributed by atoms with Gasteiger partial charge in [-0.2, -0.15) is 0 Å². The number of nitrogens with two attached hydrogens (primary N) is 1. The molecule has 0 aliphatic rings. The van der Waals surface area contributed by atoms with Gasteiger partial charge in [-0.25, -0.2) is 0 Å². The Bertz CT molecular complexity index is 877. The number of amides is 2. The molecule has 2 aromatic carbocycles. The fraction of sp³-hybridized carbons (Fsp3) is 0.0526. The van der Waals surface area contributed by atoms with Crippen LogP contribution in [0.15, 0.2) is 71.3 Å². The van der Waals surface area contributed by atoms with E-state index in [0.717, 1.165) is 5.56 Å². The zero-order valence-corrected chi connectivity index (χ0v) is 14.6. The molecule has 0 saturated carbocycles. The normalized spacial score (nSPS) is 9.88. The van der Waals surface area contributed by atoms with E-state index in [1.165, 1.54) is 6.26 Å². The maximum absolute atomic E-state index is 12.3. The maximum atomic E-state index is 12.3. The van der Waals surface area contributed by atoms with Crippen molar-refractivity contribution >= 4 is 35.6 Å². The van der Waals surface area contributed by atoms with Crippen LogP contribution in [0, 0.1) is 0 Å². The first kappa shape index (κ1) is 19.2. The predicted octanol–water partition coefficient (Wildman–Crippen LogP) is 3.66. The number of furan rings is 1. The van der Waals surface area contributed by atoms with Gasteiger partial charge in [0.05, 0.1) is 6.26 Å². The molecule has 0 radical (unpaired) electrons. The number of carbonyl (C=O) groups is 2. The van der Waals surface area contributed by atoms with Gasteiger partial charge >= 0.3 is 0 Å². The van der Waals surface area contributed by atoms with Crippen LogP contribution in [0.25, 0.3) is 0 Å². The summed E-state index contributed by atoms with van der Waals surface area (Å²) < 4.78 is 5.03. The fourth-order valence-electron chi connectivity index (χ4n) is 2.28. The summed E-state index contributed by atoms with van der Waals surface area (Å²) in [6, 6.07) is 17.2. The Hall–Kier alpha value is -3.09. The summed E-state index contributed by atoms with van der Waals surface area (Å²) >= 11 is 0. The Labute approximate surface area is 156 Å². The van der Waals surface area contributed by atoms with Gasteiger partial charge in [-0.15, -0.1) is 12.4 Å². The van der Waals surface area contributed by atoms with Crippen LogP contribution in [0.1, 0.15) is 26.5 Å². The maximum Gasteiger partial charge on any atom is 0.291 e. The monoisotopic (exact) mass is 371 g/mol. The standard InChI is InChI=1S/C19H17N3O3.ClH/c20-12-13-3-1-4-14(11-13)18(23)21-15-6-8-16(9-7-15)22-19(24)17-5-2-10-25-17;/h1-11H,12,20H2,(H,21,23)(H,22,24);1H. The first-order valence-corrected chi connectivity index (χ1v) is 7.71. The number of nitrogens with one attached hydrogen (secondary N) is 2. The first-order valence-electron chi connectivity index (χ1n) is 7.71. The number of hydrogen-bond donors (Lipinski definition) is 3. The molecule has 0 unspecified atom stereocenters. The Morgan fingerprint density at radius 1 is 0.885 bits per heavy atom. The molecule has 0 aliphatic heterocycles. The van der Waals surface area contributed by atoms with Crippen molar-refractivity contribution in [2.24, 2.45) is 5.73 Å². The highest BCUT2D eigenvalue weighted by molar-refractivity contribution is 6.05. The van der Waals surface area contributed by atoms with E-state index in [2.05, 4.69) is 10.6 Å². The SMILES string of the molecule is Cl.NCc1cccc(C(=O)Nc2ccc(NC(=O)c3ccco3)cc2)c1. The summed E-state index contributed by atoms with van der Waals surface area (Å²) in [7, 11) is 0. The van der Waals surface area contributed by atoms with E-state index in [1.54, 1.807) is 54.6 Å². The Balaban J connectivity index is 0.00000243. The molecule has 26 heavy (non-hydrogen) atoms. The molecule has 134 valence electrons. The van der Waals surface area contributed by atoms with E-state index in [0.29, 0.717) is 23.5 Å². The molecular formula is C19H18ClN3O3. The van der Waals surface area contributed by atoms with E-state index in [1.807, 2.05) is 6.07 Å². The molecule has 0 saturated heterocycles. The molecule has 4 N–H and O–H groups in total. The largest absolute Gasteiger partial charge is 0.459 e. The van der Waals surface area contributed by atoms with Crippen molar-refractivity contribution in [2.75, 3.05) is 10.6 Å². The van der Waals surface area contributed by atoms with Gasteiger partial charge in [0.2, 0.25) is 0 Å². The molecule has 3 rings (SSSR count). The third-order valence-corrected chi connectivity index (χ3v) is 3.57. The Kier molecular flexibility index (Phi) is 6.54. The van der Waals surface area contributed by atoms with Gasteiger partial charge in [0.15, 0.2) is 5.76 Å². The second-order valence-corrected chi connectivity index (χ2v) is 5.37. The smallest absolute Gasteiger partial charge is 0.291 e. The predicted molar refractivity (Wildman–Crippen MR) is 103 cm³/mol. The second kappa shape index (κ2) is 8.84. The highest BCUT2D eigenvalue weighted by atomic mass is 35.5. The Morgan fingerprint density at radius 3 is 2.12 bits per heavy atom. The van der Waals surface area contributed by atoms with E-state index >= 15 is 0 Å². The molecule has 0 atom stereocenters. The van der Waals surface area contributed by atoms with Gasteiger partial charge in [0, 0.05) is 23.5 Å². The van der Waals surface area contributed by atoms with Crippen molar-refractivity contribution < 1.29 is 14.0 Å². The lowest BCUT2D eigenvalue weighted by atomic mass is 10.1. The van der Waals surface area contributed by atoms with Crippen molar-refractivity contribution in [3.05, 3.63) is 83.8 Å². The van der Waals surface area contributed by atoms with Crippen molar-refractivity contribution in [3.8, 4) is 0 Å². The molecule has 0 aliphatic carbocycles. The number of carbonyl (C=O) groups excluding carboxylic acids is 2. The summed E-state index contributed by atoms with van der Waals surface area (Å²) in [5, 5.41) is 5.52. The molecule has 0 bridgehead atoms. The van der Waals surface area contributed by atoms with E-state index in [9.17, 15) is 9.59 Å². The third-order valence-electron chi connectivity index (χ3n) is 3.57. The summed E-state index contributed by atoms with van der Waals surface area (Å²) in [4.78, 5) is 24.2. The van der Waals surface area contributed by atoms with Crippen LogP contribution in [-0.4, -0.2) is 11.8 Å². The zero-order valence-electron chi connectivity index (χ0n) is 13.8. The van der Waals surface area contributed by atoms with E-state index in [4.69, 9.17) is 10.2 Å². The number of rotatable bonds is 5. The van der Waals surface area contributed by atoms with Crippen molar-refractivity contribution in [2.45, 2.75) is 6.54 Å².